The fourth-order valence-corrected chi connectivity index (χ4v) is 11.0. The van der Waals surface area contributed by atoms with Gasteiger partial charge in [-0.2, -0.15) is 0 Å². The summed E-state index contributed by atoms with van der Waals surface area (Å²) < 4.78 is 5.69. The molecule has 5 nitrogen and oxygen atoms in total. The number of carbonyl (C=O) groups excluding carboxylic acids is 1. The van der Waals surface area contributed by atoms with Crippen molar-refractivity contribution >= 4 is 5.78 Å². The Morgan fingerprint density at radius 3 is 2.38 bits per heavy atom. The summed E-state index contributed by atoms with van der Waals surface area (Å²) in [6, 6.07) is 12.2. The number of hydrogen-bond donors (Lipinski definition) is 2. The van der Waals surface area contributed by atoms with Gasteiger partial charge in [0, 0.05) is 41.5 Å². The lowest BCUT2D eigenvalue weighted by Crippen LogP contribution is -2.67. The quantitative estimate of drug-likeness (QED) is 0.365. The zero-order chi connectivity index (χ0) is 27.5. The molecule has 3 fully saturated rings. The maximum atomic E-state index is 14.3. The number of furan rings is 1. The third-order valence-corrected chi connectivity index (χ3v) is 13.1. The van der Waals surface area contributed by atoms with E-state index in [1.54, 1.807) is 18.4 Å². The van der Waals surface area contributed by atoms with E-state index in [-0.39, 0.29) is 34.1 Å². The molecule has 1 aliphatic heterocycles. The van der Waals surface area contributed by atoms with Crippen LogP contribution >= 0.6 is 0 Å². The second kappa shape index (κ2) is 8.08. The Morgan fingerprint density at radius 1 is 0.950 bits per heavy atom. The molecule has 2 N–H and O–H groups in total. The normalized spacial score (nSPS) is 45.0. The fraction of sp³-hybridized carbons (Fsp3) is 0.571. The number of benzene rings is 1. The van der Waals surface area contributed by atoms with E-state index in [4.69, 9.17) is 4.42 Å². The molecule has 210 valence electrons. The van der Waals surface area contributed by atoms with E-state index in [9.17, 15) is 15.0 Å². The summed E-state index contributed by atoms with van der Waals surface area (Å²) in [7, 11) is 0. The number of Topliss-reactive ketones (excluding diaryl/α,β-unsaturated/α-hetero) is 1. The van der Waals surface area contributed by atoms with Gasteiger partial charge >= 0.3 is 0 Å². The molecular formula is C35H41NO4. The second-order valence-corrected chi connectivity index (χ2v) is 14.5. The van der Waals surface area contributed by atoms with Crippen LogP contribution in [0.3, 0.4) is 0 Å². The average Bonchev–Trinajstić information content (AvgIpc) is 3.66. The smallest absolute Gasteiger partial charge is 0.224 e. The van der Waals surface area contributed by atoms with Gasteiger partial charge in [-0.1, -0.05) is 56.3 Å². The molecule has 1 aromatic carbocycles. The van der Waals surface area contributed by atoms with Gasteiger partial charge in [-0.3, -0.25) is 9.69 Å². The summed E-state index contributed by atoms with van der Waals surface area (Å²) in [5.74, 6) is 0.839. The highest BCUT2D eigenvalue weighted by molar-refractivity contribution is 6.08. The number of allylic oxidation sites excluding steroid dienone is 4. The molecule has 8 atom stereocenters. The molecule has 0 saturated heterocycles. The summed E-state index contributed by atoms with van der Waals surface area (Å²) in [5.41, 5.74) is 1.69. The van der Waals surface area contributed by atoms with Crippen LogP contribution < -0.4 is 0 Å². The molecule has 6 aliphatic carbocycles. The number of aliphatic hydroxyl groups is 2. The molecule has 7 aliphatic rings. The van der Waals surface area contributed by atoms with Crippen LogP contribution in [0.1, 0.15) is 80.5 Å². The minimum Gasteiger partial charge on any atom is -0.461 e. The Morgan fingerprint density at radius 2 is 1.65 bits per heavy atom. The molecule has 1 aromatic heterocycles. The number of carbonyl (C=O) groups is 1. The fourth-order valence-electron chi connectivity index (χ4n) is 11.0. The topological polar surface area (TPSA) is 73.9 Å². The monoisotopic (exact) mass is 539 g/mol. The molecule has 40 heavy (non-hydrogen) atoms. The Balaban J connectivity index is 1.22. The van der Waals surface area contributed by atoms with E-state index in [0.29, 0.717) is 24.6 Å². The van der Waals surface area contributed by atoms with Crippen LogP contribution in [-0.4, -0.2) is 39.1 Å². The maximum Gasteiger partial charge on any atom is 0.224 e. The number of aliphatic hydroxyl groups excluding tert-OH is 1. The Kier molecular flexibility index (Phi) is 5.10. The molecule has 0 radical (unpaired) electrons. The lowest BCUT2D eigenvalue weighted by Gasteiger charge is -2.71. The van der Waals surface area contributed by atoms with Crippen molar-refractivity contribution in [2.75, 3.05) is 6.54 Å². The van der Waals surface area contributed by atoms with Gasteiger partial charge in [-0.25, -0.2) is 0 Å². The van der Waals surface area contributed by atoms with Gasteiger partial charge in [0.15, 0.2) is 5.76 Å². The summed E-state index contributed by atoms with van der Waals surface area (Å²) >= 11 is 0. The van der Waals surface area contributed by atoms with Gasteiger partial charge in [-0.05, 0) is 85.5 Å². The van der Waals surface area contributed by atoms with Crippen LogP contribution in [0.4, 0.5) is 0 Å². The predicted octanol–water partition coefficient (Wildman–Crippen LogP) is 6.07. The van der Waals surface area contributed by atoms with Gasteiger partial charge in [0.1, 0.15) is 0 Å². The van der Waals surface area contributed by atoms with Crippen LogP contribution in [0.2, 0.25) is 0 Å². The standard InChI is InChI=1S/C35H41NO4/c1-31-12-9-25(37)18-33(31)15-16-35(26(19-33)30(38)27-8-5-17-40-27)28(31)10-13-32(2)29(35)11-14-34(32,39)22-36-20-23-6-3-4-7-24(23)21-36/h3-8,15-17,19,25,28-29,37,39H,9-14,18,20-22H2,1-2H3. The number of β-amino-alcohol motifs (C(OH)–C–C–N with tert-alkyl or cyclic N) is 1. The molecule has 0 amide bonds. The number of ketones is 1. The van der Waals surface area contributed by atoms with E-state index in [2.05, 4.69) is 61.2 Å². The van der Waals surface area contributed by atoms with E-state index < -0.39 is 11.0 Å². The molecule has 2 bridgehead atoms. The van der Waals surface area contributed by atoms with Crippen molar-refractivity contribution in [2.45, 2.75) is 83.6 Å². The van der Waals surface area contributed by atoms with E-state index in [0.717, 1.165) is 57.2 Å². The number of rotatable bonds is 4. The van der Waals surface area contributed by atoms with Crippen molar-refractivity contribution in [3.63, 3.8) is 0 Å². The highest BCUT2D eigenvalue weighted by Crippen LogP contribution is 2.78. The van der Waals surface area contributed by atoms with Gasteiger partial charge in [0.25, 0.3) is 0 Å². The van der Waals surface area contributed by atoms with Crippen molar-refractivity contribution in [1.29, 1.82) is 0 Å². The third-order valence-electron chi connectivity index (χ3n) is 13.1. The average molecular weight is 540 g/mol. The highest BCUT2D eigenvalue weighted by Gasteiger charge is 2.74. The second-order valence-electron chi connectivity index (χ2n) is 14.5. The van der Waals surface area contributed by atoms with Gasteiger partial charge in [0.05, 0.1) is 18.0 Å². The number of fused-ring (bicyclic) bond motifs is 2. The molecule has 5 heteroatoms. The molecule has 2 aromatic rings. The van der Waals surface area contributed by atoms with Crippen LogP contribution in [0, 0.1) is 33.5 Å². The van der Waals surface area contributed by atoms with Gasteiger partial charge < -0.3 is 14.6 Å². The Labute approximate surface area is 237 Å². The lowest BCUT2D eigenvalue weighted by molar-refractivity contribution is -0.176. The largest absolute Gasteiger partial charge is 0.461 e. The number of hydrogen-bond acceptors (Lipinski definition) is 5. The number of nitrogens with zero attached hydrogens (tertiary/aromatic N) is 1. The molecule has 8 unspecified atom stereocenters. The first-order chi connectivity index (χ1) is 19.1. The van der Waals surface area contributed by atoms with Crippen LogP contribution in [0.15, 0.2) is 70.9 Å². The zero-order valence-corrected chi connectivity index (χ0v) is 23.7. The molecule has 9 rings (SSSR count). The van der Waals surface area contributed by atoms with Crippen molar-refractivity contribution in [1.82, 2.24) is 4.90 Å². The summed E-state index contributed by atoms with van der Waals surface area (Å²) in [6.45, 7) is 7.19. The molecule has 2 heterocycles. The molecule has 2 spiro atoms. The van der Waals surface area contributed by atoms with E-state index in [1.807, 2.05) is 0 Å². The first kappa shape index (κ1) is 25.3. The summed E-state index contributed by atoms with van der Waals surface area (Å²) in [6.07, 6.45) is 14.3. The molecule has 3 saturated carbocycles. The van der Waals surface area contributed by atoms with Crippen molar-refractivity contribution < 1.29 is 19.4 Å². The summed E-state index contributed by atoms with van der Waals surface area (Å²) in [5, 5.41) is 23.5. The van der Waals surface area contributed by atoms with Crippen molar-refractivity contribution in [3.05, 3.63) is 83.3 Å². The van der Waals surface area contributed by atoms with Gasteiger partial charge in [0.2, 0.25) is 5.78 Å². The minimum absolute atomic E-state index is 0.0180. The third kappa shape index (κ3) is 2.97. The lowest BCUT2D eigenvalue weighted by atomic mass is 9.32. The predicted molar refractivity (Wildman–Crippen MR) is 152 cm³/mol. The van der Waals surface area contributed by atoms with Crippen LogP contribution in [0.5, 0.6) is 0 Å². The SMILES string of the molecule is CC12CCC(O)CC13C=CC1(C(C(=O)c4ccco4)=C3)C2CCC2(C)C1CCC2(O)CN1Cc2ccccc2C1. The minimum atomic E-state index is -0.818. The Bertz CT molecular complexity index is 1420. The Hall–Kier alpha value is -2.47. The van der Waals surface area contributed by atoms with Crippen molar-refractivity contribution in [2.24, 2.45) is 33.5 Å². The van der Waals surface area contributed by atoms with Crippen molar-refractivity contribution in [3.8, 4) is 0 Å². The zero-order valence-electron chi connectivity index (χ0n) is 23.7. The maximum absolute atomic E-state index is 14.3. The van der Waals surface area contributed by atoms with E-state index >= 15 is 0 Å². The highest BCUT2D eigenvalue weighted by atomic mass is 16.3. The van der Waals surface area contributed by atoms with E-state index in [1.165, 1.54) is 11.1 Å². The van der Waals surface area contributed by atoms with Crippen LogP contribution in [0.25, 0.3) is 0 Å². The van der Waals surface area contributed by atoms with Crippen LogP contribution in [-0.2, 0) is 13.1 Å². The summed E-state index contributed by atoms with van der Waals surface area (Å²) in [4.78, 5) is 16.7. The molecular weight excluding hydrogens is 498 g/mol. The van der Waals surface area contributed by atoms with Gasteiger partial charge in [-0.15, -0.1) is 0 Å². The first-order valence-corrected chi connectivity index (χ1v) is 15.4. The first-order valence-electron chi connectivity index (χ1n) is 15.4.